The lowest BCUT2D eigenvalue weighted by atomic mass is 10.1. The zero-order valence-electron chi connectivity index (χ0n) is 13.0. The van der Waals surface area contributed by atoms with Gasteiger partial charge in [-0.25, -0.2) is 0 Å². The highest BCUT2D eigenvalue weighted by atomic mass is 16.5. The predicted molar refractivity (Wildman–Crippen MR) is 79.1 cm³/mol. The molecule has 18 heavy (non-hydrogen) atoms. The number of guanidine groups is 1. The van der Waals surface area contributed by atoms with Gasteiger partial charge < -0.3 is 15.4 Å². The molecule has 0 aromatic heterocycles. The van der Waals surface area contributed by atoms with Crippen molar-refractivity contribution >= 4 is 5.96 Å². The van der Waals surface area contributed by atoms with Gasteiger partial charge in [0, 0.05) is 18.7 Å². The van der Waals surface area contributed by atoms with Crippen LogP contribution in [-0.4, -0.2) is 37.8 Å². The minimum atomic E-state index is 0.0273. The fourth-order valence-electron chi connectivity index (χ4n) is 1.31. The Labute approximate surface area is 113 Å². The molecule has 0 radical (unpaired) electrons. The van der Waals surface area contributed by atoms with E-state index in [1.165, 1.54) is 0 Å². The normalized spacial score (nSPS) is 12.9. The molecule has 2 N–H and O–H groups in total. The van der Waals surface area contributed by atoms with Gasteiger partial charge in [-0.05, 0) is 40.0 Å². The highest BCUT2D eigenvalue weighted by molar-refractivity contribution is 5.80. The molecule has 0 bridgehead atoms. The second-order valence-corrected chi connectivity index (χ2v) is 5.93. The van der Waals surface area contributed by atoms with Gasteiger partial charge in [-0.15, -0.1) is 0 Å². The van der Waals surface area contributed by atoms with E-state index < -0.39 is 0 Å². The van der Waals surface area contributed by atoms with E-state index in [4.69, 9.17) is 4.74 Å². The maximum atomic E-state index is 5.54. The van der Waals surface area contributed by atoms with Gasteiger partial charge >= 0.3 is 0 Å². The van der Waals surface area contributed by atoms with E-state index in [1.807, 2.05) is 0 Å². The summed E-state index contributed by atoms with van der Waals surface area (Å²) in [4.78, 5) is 4.48. The molecule has 0 saturated carbocycles. The molecule has 0 atom stereocenters. The van der Waals surface area contributed by atoms with E-state index in [9.17, 15) is 0 Å². The molecule has 108 valence electrons. The van der Waals surface area contributed by atoms with Crippen LogP contribution in [0.4, 0.5) is 0 Å². The number of nitrogens with one attached hydrogen (secondary N) is 2. The highest BCUT2D eigenvalue weighted by Crippen LogP contribution is 1.99. The summed E-state index contributed by atoms with van der Waals surface area (Å²) in [6.07, 6.45) is 1.12. The first-order valence-electron chi connectivity index (χ1n) is 6.99. The van der Waals surface area contributed by atoms with Gasteiger partial charge in [0.15, 0.2) is 5.96 Å². The molecule has 0 aromatic carbocycles. The van der Waals surface area contributed by atoms with E-state index in [-0.39, 0.29) is 5.54 Å². The zero-order valence-corrected chi connectivity index (χ0v) is 13.0. The van der Waals surface area contributed by atoms with Crippen LogP contribution >= 0.6 is 0 Å². The van der Waals surface area contributed by atoms with E-state index in [1.54, 1.807) is 0 Å². The second-order valence-electron chi connectivity index (χ2n) is 5.93. The van der Waals surface area contributed by atoms with Crippen molar-refractivity contribution in [3.63, 3.8) is 0 Å². The SMILES string of the molecule is CCNC(=NCCOCCC(C)C)NC(C)(C)C. The van der Waals surface area contributed by atoms with Gasteiger partial charge in [0.25, 0.3) is 0 Å². The molecule has 0 unspecified atom stereocenters. The summed E-state index contributed by atoms with van der Waals surface area (Å²) in [7, 11) is 0. The van der Waals surface area contributed by atoms with Gasteiger partial charge in [0.05, 0.1) is 13.2 Å². The van der Waals surface area contributed by atoms with Crippen molar-refractivity contribution in [1.29, 1.82) is 0 Å². The first-order valence-corrected chi connectivity index (χ1v) is 6.99. The molecule has 0 aliphatic heterocycles. The topological polar surface area (TPSA) is 45.7 Å². The van der Waals surface area contributed by atoms with Crippen LogP contribution in [0.25, 0.3) is 0 Å². The zero-order chi connectivity index (χ0) is 14.0. The van der Waals surface area contributed by atoms with E-state index in [0.29, 0.717) is 19.1 Å². The second kappa shape index (κ2) is 9.20. The number of aliphatic imine (C=N–C) groups is 1. The van der Waals surface area contributed by atoms with E-state index in [0.717, 1.165) is 25.5 Å². The van der Waals surface area contributed by atoms with Crippen molar-refractivity contribution in [2.75, 3.05) is 26.3 Å². The van der Waals surface area contributed by atoms with Crippen LogP contribution in [-0.2, 0) is 4.74 Å². The molecule has 0 saturated heterocycles. The number of hydrogen-bond donors (Lipinski definition) is 2. The number of hydrogen-bond acceptors (Lipinski definition) is 2. The molecule has 0 amide bonds. The van der Waals surface area contributed by atoms with Gasteiger partial charge in [-0.1, -0.05) is 13.8 Å². The number of rotatable bonds is 7. The van der Waals surface area contributed by atoms with Crippen molar-refractivity contribution in [2.24, 2.45) is 10.9 Å². The highest BCUT2D eigenvalue weighted by Gasteiger charge is 2.11. The maximum absolute atomic E-state index is 5.54. The van der Waals surface area contributed by atoms with Crippen molar-refractivity contribution in [2.45, 2.75) is 53.5 Å². The van der Waals surface area contributed by atoms with Crippen LogP contribution in [0.1, 0.15) is 48.0 Å². The summed E-state index contributed by atoms with van der Waals surface area (Å²) in [5, 5.41) is 6.58. The maximum Gasteiger partial charge on any atom is 0.191 e. The largest absolute Gasteiger partial charge is 0.380 e. The lowest BCUT2D eigenvalue weighted by molar-refractivity contribution is 0.130. The standard InChI is InChI=1S/C14H31N3O/c1-7-15-13(17-14(4,5)6)16-9-11-18-10-8-12(2)3/h12H,7-11H2,1-6H3,(H2,15,16,17). The minimum absolute atomic E-state index is 0.0273. The fraction of sp³-hybridized carbons (Fsp3) is 0.929. The molecular weight excluding hydrogens is 226 g/mol. The lowest BCUT2D eigenvalue weighted by Crippen LogP contribution is -2.47. The first-order chi connectivity index (χ1) is 8.35. The molecule has 0 spiro atoms. The molecule has 0 fully saturated rings. The quantitative estimate of drug-likeness (QED) is 0.418. The fourth-order valence-corrected chi connectivity index (χ4v) is 1.31. The van der Waals surface area contributed by atoms with Gasteiger partial charge in [-0.2, -0.15) is 0 Å². The van der Waals surface area contributed by atoms with Gasteiger partial charge in [0.1, 0.15) is 0 Å². The van der Waals surface area contributed by atoms with Crippen LogP contribution in [0.2, 0.25) is 0 Å². The Morgan fingerprint density at radius 1 is 1.22 bits per heavy atom. The third-order valence-corrected chi connectivity index (χ3v) is 2.18. The first kappa shape index (κ1) is 17.2. The molecule has 4 nitrogen and oxygen atoms in total. The Morgan fingerprint density at radius 3 is 2.39 bits per heavy atom. The molecule has 4 heteroatoms. The van der Waals surface area contributed by atoms with Crippen molar-refractivity contribution in [1.82, 2.24) is 10.6 Å². The summed E-state index contributed by atoms with van der Waals surface area (Å²) >= 11 is 0. The average Bonchev–Trinajstić information content (AvgIpc) is 2.20. The summed E-state index contributed by atoms with van der Waals surface area (Å²) in [6.45, 7) is 15.9. The molecule has 0 aliphatic rings. The molecule has 0 aromatic rings. The van der Waals surface area contributed by atoms with Crippen LogP contribution in [0.15, 0.2) is 4.99 Å². The van der Waals surface area contributed by atoms with Crippen molar-refractivity contribution in [3.05, 3.63) is 0 Å². The van der Waals surface area contributed by atoms with Crippen LogP contribution in [0.5, 0.6) is 0 Å². The van der Waals surface area contributed by atoms with E-state index >= 15 is 0 Å². The Morgan fingerprint density at radius 2 is 1.89 bits per heavy atom. The molecule has 0 heterocycles. The summed E-state index contributed by atoms with van der Waals surface area (Å²) in [6, 6.07) is 0. The Kier molecular flexibility index (Phi) is 8.81. The lowest BCUT2D eigenvalue weighted by Gasteiger charge is -2.23. The molecule has 0 aliphatic carbocycles. The molecular formula is C14H31N3O. The van der Waals surface area contributed by atoms with Crippen molar-refractivity contribution < 1.29 is 4.74 Å². The average molecular weight is 257 g/mol. The van der Waals surface area contributed by atoms with Crippen LogP contribution in [0.3, 0.4) is 0 Å². The Balaban J connectivity index is 3.87. The predicted octanol–water partition coefficient (Wildman–Crippen LogP) is 2.40. The third kappa shape index (κ3) is 11.7. The van der Waals surface area contributed by atoms with Crippen molar-refractivity contribution in [3.8, 4) is 0 Å². The monoisotopic (exact) mass is 257 g/mol. The minimum Gasteiger partial charge on any atom is -0.380 e. The number of nitrogens with zero attached hydrogens (tertiary/aromatic N) is 1. The summed E-state index contributed by atoms with van der Waals surface area (Å²) < 4.78 is 5.54. The Bertz CT molecular complexity index is 232. The smallest absolute Gasteiger partial charge is 0.191 e. The van der Waals surface area contributed by atoms with E-state index in [2.05, 4.69) is 57.2 Å². The molecule has 0 rings (SSSR count). The van der Waals surface area contributed by atoms with Crippen LogP contribution < -0.4 is 10.6 Å². The Hall–Kier alpha value is -0.770. The van der Waals surface area contributed by atoms with Gasteiger partial charge in [-0.3, -0.25) is 4.99 Å². The van der Waals surface area contributed by atoms with Crippen LogP contribution in [0, 0.1) is 5.92 Å². The number of ether oxygens (including phenoxy) is 1. The third-order valence-electron chi connectivity index (χ3n) is 2.18. The summed E-state index contributed by atoms with van der Waals surface area (Å²) in [5.74, 6) is 1.56. The van der Waals surface area contributed by atoms with Gasteiger partial charge in [0.2, 0.25) is 0 Å². The summed E-state index contributed by atoms with van der Waals surface area (Å²) in [5.41, 5.74) is 0.0273.